The second-order valence-corrected chi connectivity index (χ2v) is 8.49. The first-order valence-corrected chi connectivity index (χ1v) is 10.1. The number of nitrogens with zero attached hydrogens (tertiary/aromatic N) is 5. The quantitative estimate of drug-likeness (QED) is 0.679. The summed E-state index contributed by atoms with van der Waals surface area (Å²) in [4.78, 5) is 8.44. The molecule has 4 rings (SSSR count). The van der Waals surface area contributed by atoms with Gasteiger partial charge in [0.15, 0.2) is 0 Å². The van der Waals surface area contributed by atoms with Gasteiger partial charge in [0.1, 0.15) is 5.69 Å². The lowest BCUT2D eigenvalue weighted by Gasteiger charge is -2.30. The van der Waals surface area contributed by atoms with Gasteiger partial charge in [0.05, 0.1) is 17.0 Å². The van der Waals surface area contributed by atoms with E-state index in [1.54, 1.807) is 42.9 Å². The Kier molecular flexibility index (Phi) is 4.71. The molecule has 1 aliphatic rings. The van der Waals surface area contributed by atoms with Crippen molar-refractivity contribution in [3.05, 3.63) is 54.3 Å². The van der Waals surface area contributed by atoms with Crippen LogP contribution in [0.1, 0.15) is 30.2 Å². The molecule has 0 bridgehead atoms. The number of hydrogen-bond donors (Lipinski definition) is 0. The molecule has 0 unspecified atom stereocenters. The Bertz CT molecular complexity index is 1020. The highest BCUT2D eigenvalue weighted by molar-refractivity contribution is 7.89. The first-order valence-electron chi connectivity index (χ1n) is 8.70. The van der Waals surface area contributed by atoms with Crippen LogP contribution in [0, 0.1) is 6.92 Å². The van der Waals surface area contributed by atoms with E-state index in [2.05, 4.69) is 20.2 Å². The van der Waals surface area contributed by atoms with Crippen LogP contribution in [0.25, 0.3) is 11.6 Å². The fourth-order valence-corrected chi connectivity index (χ4v) is 4.66. The van der Waals surface area contributed by atoms with Gasteiger partial charge in [-0.2, -0.15) is 4.31 Å². The van der Waals surface area contributed by atoms with Crippen LogP contribution in [0.5, 0.6) is 0 Å². The molecular weight excluding hydrogens is 366 g/mol. The molecule has 2 aromatic heterocycles. The van der Waals surface area contributed by atoms with Crippen LogP contribution in [0.3, 0.4) is 0 Å². The Morgan fingerprint density at radius 1 is 1.15 bits per heavy atom. The number of hydrogen-bond acceptors (Lipinski definition) is 7. The summed E-state index contributed by atoms with van der Waals surface area (Å²) in [7, 11) is -3.54. The Hall–Kier alpha value is -2.65. The zero-order valence-electron chi connectivity index (χ0n) is 14.8. The van der Waals surface area contributed by atoms with Gasteiger partial charge in [-0.05, 0) is 31.9 Å². The van der Waals surface area contributed by atoms with Gasteiger partial charge < -0.3 is 4.42 Å². The van der Waals surface area contributed by atoms with Crippen molar-refractivity contribution in [2.24, 2.45) is 0 Å². The molecule has 0 aliphatic carbocycles. The summed E-state index contributed by atoms with van der Waals surface area (Å²) in [6.07, 6.45) is 6.19. The molecule has 140 valence electrons. The third-order valence-corrected chi connectivity index (χ3v) is 6.49. The minimum absolute atomic E-state index is 0.142. The van der Waals surface area contributed by atoms with Crippen molar-refractivity contribution in [1.82, 2.24) is 24.5 Å². The van der Waals surface area contributed by atoms with E-state index >= 15 is 0 Å². The van der Waals surface area contributed by atoms with E-state index in [9.17, 15) is 8.42 Å². The predicted molar refractivity (Wildman–Crippen MR) is 97.2 cm³/mol. The molecule has 0 radical (unpaired) electrons. The predicted octanol–water partition coefficient (Wildman–Crippen LogP) is 2.40. The number of sulfonamides is 1. The molecule has 0 amide bonds. The van der Waals surface area contributed by atoms with Gasteiger partial charge in [-0.15, -0.1) is 10.2 Å². The van der Waals surface area contributed by atoms with E-state index < -0.39 is 10.0 Å². The zero-order valence-corrected chi connectivity index (χ0v) is 15.6. The third kappa shape index (κ3) is 3.60. The molecule has 27 heavy (non-hydrogen) atoms. The highest BCUT2D eigenvalue weighted by Crippen LogP contribution is 2.30. The summed E-state index contributed by atoms with van der Waals surface area (Å²) < 4.78 is 33.1. The smallest absolute Gasteiger partial charge is 0.267 e. The number of benzene rings is 1. The molecule has 8 nitrogen and oxygen atoms in total. The summed E-state index contributed by atoms with van der Waals surface area (Å²) in [6, 6.07) is 6.90. The van der Waals surface area contributed by atoms with Crippen LogP contribution < -0.4 is 0 Å². The first-order chi connectivity index (χ1) is 13.0. The van der Waals surface area contributed by atoms with E-state index in [1.807, 2.05) is 6.92 Å². The van der Waals surface area contributed by atoms with Crippen LogP contribution in [0.15, 0.2) is 52.2 Å². The third-order valence-electron chi connectivity index (χ3n) is 4.62. The highest BCUT2D eigenvalue weighted by atomic mass is 32.2. The minimum atomic E-state index is -3.54. The number of rotatable bonds is 4. The topological polar surface area (TPSA) is 102 Å². The van der Waals surface area contributed by atoms with Gasteiger partial charge in [-0.25, -0.2) is 13.4 Å². The molecular formula is C18H19N5O3S. The summed E-state index contributed by atoms with van der Waals surface area (Å²) in [5.74, 6) is 0.577. The maximum atomic E-state index is 12.9. The molecule has 1 aromatic carbocycles. The second kappa shape index (κ2) is 7.16. The summed E-state index contributed by atoms with van der Waals surface area (Å²) >= 11 is 0. The fourth-order valence-electron chi connectivity index (χ4n) is 3.13. The van der Waals surface area contributed by atoms with Crippen molar-refractivity contribution in [1.29, 1.82) is 0 Å². The van der Waals surface area contributed by atoms with Gasteiger partial charge >= 0.3 is 0 Å². The fraction of sp³-hybridized carbons (Fsp3) is 0.333. The molecule has 3 aromatic rings. The molecule has 3 heterocycles. The zero-order chi connectivity index (χ0) is 18.9. The molecule has 1 atom stereocenters. The van der Waals surface area contributed by atoms with Crippen molar-refractivity contribution in [3.8, 4) is 11.6 Å². The highest BCUT2D eigenvalue weighted by Gasteiger charge is 2.33. The van der Waals surface area contributed by atoms with Crippen molar-refractivity contribution < 1.29 is 12.8 Å². The molecule has 0 saturated carbocycles. The van der Waals surface area contributed by atoms with Gasteiger partial charge in [0, 0.05) is 25.5 Å². The lowest BCUT2D eigenvalue weighted by molar-refractivity contribution is 0.286. The van der Waals surface area contributed by atoms with Crippen molar-refractivity contribution >= 4 is 10.0 Å². The number of aryl methyl sites for hydroxylation is 1. The largest absolute Gasteiger partial charge is 0.419 e. The molecule has 9 heteroatoms. The van der Waals surface area contributed by atoms with E-state index in [1.165, 1.54) is 4.31 Å². The minimum Gasteiger partial charge on any atom is -0.419 e. The van der Waals surface area contributed by atoms with Crippen LogP contribution >= 0.6 is 0 Å². The van der Waals surface area contributed by atoms with Crippen LogP contribution in [-0.2, 0) is 10.0 Å². The molecule has 1 fully saturated rings. The second-order valence-electron chi connectivity index (χ2n) is 6.55. The van der Waals surface area contributed by atoms with E-state index in [4.69, 9.17) is 4.42 Å². The Morgan fingerprint density at radius 2 is 1.96 bits per heavy atom. The molecule has 0 N–H and O–H groups in total. The first kappa shape index (κ1) is 17.7. The van der Waals surface area contributed by atoms with Crippen molar-refractivity contribution in [2.45, 2.75) is 30.6 Å². The van der Waals surface area contributed by atoms with Gasteiger partial charge in [-0.3, -0.25) is 4.98 Å². The van der Waals surface area contributed by atoms with Crippen LogP contribution in [-0.4, -0.2) is 46.0 Å². The van der Waals surface area contributed by atoms with Gasteiger partial charge in [0.2, 0.25) is 15.9 Å². The normalized spacial score (nSPS) is 18.5. The Balaban J connectivity index is 1.55. The number of aromatic nitrogens is 4. The standard InChI is InChI=1S/C18H19N5O3S/c1-13-4-6-15(7-5-13)27(24,25)23-10-2-3-14(12-23)17-21-22-18(26-17)16-11-19-8-9-20-16/h4-9,11,14H,2-3,10,12H2,1H3/t14-/m0/s1. The summed E-state index contributed by atoms with van der Waals surface area (Å²) in [5, 5.41) is 8.14. The molecule has 0 spiro atoms. The molecule has 1 saturated heterocycles. The SMILES string of the molecule is Cc1ccc(S(=O)(=O)N2CCC[C@H](c3nnc(-c4cnccn4)o3)C2)cc1. The lowest BCUT2D eigenvalue weighted by Crippen LogP contribution is -2.39. The Morgan fingerprint density at radius 3 is 2.70 bits per heavy atom. The van der Waals surface area contributed by atoms with Crippen molar-refractivity contribution in [2.75, 3.05) is 13.1 Å². The number of piperidine rings is 1. The average Bonchev–Trinajstić information content (AvgIpc) is 3.19. The van der Waals surface area contributed by atoms with E-state index in [-0.39, 0.29) is 11.8 Å². The Labute approximate surface area is 157 Å². The lowest BCUT2D eigenvalue weighted by atomic mass is 10.00. The summed E-state index contributed by atoms with van der Waals surface area (Å²) in [5.41, 5.74) is 1.52. The van der Waals surface area contributed by atoms with E-state index in [0.717, 1.165) is 18.4 Å². The maximum absolute atomic E-state index is 12.9. The van der Waals surface area contributed by atoms with Crippen molar-refractivity contribution in [3.63, 3.8) is 0 Å². The summed E-state index contributed by atoms with van der Waals surface area (Å²) in [6.45, 7) is 2.73. The van der Waals surface area contributed by atoms with E-state index in [0.29, 0.717) is 29.6 Å². The van der Waals surface area contributed by atoms with Crippen LogP contribution in [0.2, 0.25) is 0 Å². The molecule has 1 aliphatic heterocycles. The van der Waals surface area contributed by atoms with Gasteiger partial charge in [0.25, 0.3) is 5.89 Å². The monoisotopic (exact) mass is 385 g/mol. The maximum Gasteiger partial charge on any atom is 0.267 e. The van der Waals surface area contributed by atoms with Gasteiger partial charge in [-0.1, -0.05) is 17.7 Å². The average molecular weight is 385 g/mol. The van der Waals surface area contributed by atoms with Crippen LogP contribution in [0.4, 0.5) is 0 Å².